The van der Waals surface area contributed by atoms with Crippen molar-refractivity contribution < 1.29 is 5.11 Å². The fourth-order valence-corrected chi connectivity index (χ4v) is 3.07. The highest BCUT2D eigenvalue weighted by molar-refractivity contribution is 5.39. The maximum Gasteiger partial charge on any atom is 0.128 e. The first kappa shape index (κ1) is 16.2. The molecule has 1 saturated carbocycles. The van der Waals surface area contributed by atoms with Crippen molar-refractivity contribution in [2.45, 2.75) is 57.6 Å². The second-order valence-corrected chi connectivity index (χ2v) is 6.41. The van der Waals surface area contributed by atoms with Crippen LogP contribution in [0.3, 0.4) is 0 Å². The third-order valence-electron chi connectivity index (χ3n) is 4.43. The average Bonchev–Trinajstić information content (AvgIpc) is 2.91. The lowest BCUT2D eigenvalue weighted by molar-refractivity contribution is 0.0558. The number of hydrogen-bond donors (Lipinski definition) is 2. The van der Waals surface area contributed by atoms with Gasteiger partial charge in [0.2, 0.25) is 0 Å². The lowest BCUT2D eigenvalue weighted by atomic mass is 10.0. The maximum atomic E-state index is 10.5. The summed E-state index contributed by atoms with van der Waals surface area (Å²) in [6.45, 7) is 6.03. The molecule has 0 spiro atoms. The minimum atomic E-state index is -0.523. The van der Waals surface area contributed by atoms with Gasteiger partial charge in [-0.2, -0.15) is 0 Å². The van der Waals surface area contributed by atoms with E-state index in [-0.39, 0.29) is 0 Å². The predicted molar refractivity (Wildman–Crippen MR) is 87.6 cm³/mol. The van der Waals surface area contributed by atoms with Crippen molar-refractivity contribution in [1.29, 1.82) is 0 Å². The first-order valence-electron chi connectivity index (χ1n) is 8.17. The molecule has 1 aliphatic rings. The van der Waals surface area contributed by atoms with Crippen LogP contribution in [-0.4, -0.2) is 35.8 Å². The van der Waals surface area contributed by atoms with Gasteiger partial charge in [0.25, 0.3) is 0 Å². The minimum Gasteiger partial charge on any atom is -0.388 e. The zero-order chi connectivity index (χ0) is 15.3. The molecule has 4 heteroatoms. The number of likely N-dealkylation sites (N-methyl/N-ethyl adjacent to an activating group) is 1. The second-order valence-electron chi connectivity index (χ2n) is 6.41. The van der Waals surface area contributed by atoms with Gasteiger partial charge < -0.3 is 15.3 Å². The van der Waals surface area contributed by atoms with Crippen LogP contribution in [0.4, 0.5) is 5.82 Å². The molecule has 0 radical (unpaired) electrons. The van der Waals surface area contributed by atoms with E-state index in [1.54, 1.807) is 0 Å². The quantitative estimate of drug-likeness (QED) is 0.811. The number of aliphatic hydroxyl groups is 1. The number of aromatic nitrogens is 1. The number of rotatable bonds is 7. The molecule has 1 heterocycles. The lowest BCUT2D eigenvalue weighted by Crippen LogP contribution is -2.39. The minimum absolute atomic E-state index is 0.329. The Balaban J connectivity index is 1.94. The molecule has 1 aromatic heterocycles. The summed E-state index contributed by atoms with van der Waals surface area (Å²) in [4.78, 5) is 6.62. The Morgan fingerprint density at radius 2 is 2.10 bits per heavy atom. The summed E-state index contributed by atoms with van der Waals surface area (Å²) >= 11 is 0. The van der Waals surface area contributed by atoms with Crippen molar-refractivity contribution in [2.24, 2.45) is 0 Å². The second kappa shape index (κ2) is 7.23. The van der Waals surface area contributed by atoms with Crippen molar-refractivity contribution in [3.05, 3.63) is 23.9 Å². The number of anilines is 1. The van der Waals surface area contributed by atoms with E-state index in [1.165, 1.54) is 5.56 Å². The molecule has 0 amide bonds. The number of hydrogen-bond acceptors (Lipinski definition) is 4. The van der Waals surface area contributed by atoms with Crippen LogP contribution in [0.2, 0.25) is 0 Å². The van der Waals surface area contributed by atoms with Crippen molar-refractivity contribution in [3.63, 3.8) is 0 Å². The molecule has 1 aliphatic carbocycles. The topological polar surface area (TPSA) is 48.4 Å². The third kappa shape index (κ3) is 4.42. The summed E-state index contributed by atoms with van der Waals surface area (Å²) < 4.78 is 0. The SMILES string of the molecule is CCCNC(C)c1ccc(N(C)CC2(O)CCCC2)nc1. The normalized spacial score (nSPS) is 18.7. The summed E-state index contributed by atoms with van der Waals surface area (Å²) in [6.07, 6.45) is 7.17. The third-order valence-corrected chi connectivity index (χ3v) is 4.43. The van der Waals surface area contributed by atoms with E-state index in [9.17, 15) is 5.11 Å². The molecule has 0 bridgehead atoms. The van der Waals surface area contributed by atoms with Gasteiger partial charge in [0.05, 0.1) is 5.60 Å². The maximum absolute atomic E-state index is 10.5. The van der Waals surface area contributed by atoms with Crippen LogP contribution < -0.4 is 10.2 Å². The van der Waals surface area contributed by atoms with Gasteiger partial charge in [-0.15, -0.1) is 0 Å². The Kier molecular flexibility index (Phi) is 5.59. The van der Waals surface area contributed by atoms with Crippen LogP contribution in [-0.2, 0) is 0 Å². The highest BCUT2D eigenvalue weighted by Gasteiger charge is 2.32. The summed E-state index contributed by atoms with van der Waals surface area (Å²) in [6, 6.07) is 4.51. The molecule has 1 aromatic rings. The van der Waals surface area contributed by atoms with E-state index in [1.807, 2.05) is 13.2 Å². The van der Waals surface area contributed by atoms with E-state index in [2.05, 4.69) is 41.2 Å². The van der Waals surface area contributed by atoms with E-state index < -0.39 is 5.60 Å². The van der Waals surface area contributed by atoms with Crippen LogP contribution in [0.5, 0.6) is 0 Å². The fraction of sp³-hybridized carbons (Fsp3) is 0.706. The van der Waals surface area contributed by atoms with Crippen LogP contribution in [0.1, 0.15) is 57.6 Å². The van der Waals surface area contributed by atoms with Crippen LogP contribution in [0, 0.1) is 0 Å². The Morgan fingerprint density at radius 1 is 1.38 bits per heavy atom. The first-order chi connectivity index (χ1) is 10.0. The average molecular weight is 291 g/mol. The van der Waals surface area contributed by atoms with E-state index in [0.29, 0.717) is 12.6 Å². The van der Waals surface area contributed by atoms with E-state index in [0.717, 1.165) is 44.5 Å². The summed E-state index contributed by atoms with van der Waals surface area (Å²) in [5.74, 6) is 0.932. The van der Waals surface area contributed by atoms with Gasteiger partial charge in [-0.3, -0.25) is 0 Å². The summed E-state index contributed by atoms with van der Waals surface area (Å²) in [7, 11) is 2.01. The smallest absolute Gasteiger partial charge is 0.128 e. The fourth-order valence-electron chi connectivity index (χ4n) is 3.07. The first-order valence-corrected chi connectivity index (χ1v) is 8.17. The van der Waals surface area contributed by atoms with Crippen molar-refractivity contribution in [3.8, 4) is 0 Å². The molecule has 0 aromatic carbocycles. The van der Waals surface area contributed by atoms with Crippen LogP contribution in [0.15, 0.2) is 18.3 Å². The summed E-state index contributed by atoms with van der Waals surface area (Å²) in [5.41, 5.74) is 0.686. The van der Waals surface area contributed by atoms with Crippen LogP contribution >= 0.6 is 0 Å². The molecule has 1 atom stereocenters. The monoisotopic (exact) mass is 291 g/mol. The van der Waals surface area contributed by atoms with Gasteiger partial charge in [0.15, 0.2) is 0 Å². The zero-order valence-electron chi connectivity index (χ0n) is 13.6. The molecule has 0 aliphatic heterocycles. The van der Waals surface area contributed by atoms with E-state index >= 15 is 0 Å². The molecular weight excluding hydrogens is 262 g/mol. The Labute approximate surface area is 128 Å². The molecule has 21 heavy (non-hydrogen) atoms. The van der Waals surface area contributed by atoms with Crippen molar-refractivity contribution >= 4 is 5.82 Å². The van der Waals surface area contributed by atoms with Crippen molar-refractivity contribution in [1.82, 2.24) is 10.3 Å². The summed E-state index contributed by atoms with van der Waals surface area (Å²) in [5, 5.41) is 14.0. The molecular formula is C17H29N3O. The Hall–Kier alpha value is -1.13. The molecule has 0 saturated heterocycles. The van der Waals surface area contributed by atoms with Gasteiger partial charge in [-0.05, 0) is 44.4 Å². The Bertz CT molecular complexity index is 426. The van der Waals surface area contributed by atoms with Crippen LogP contribution in [0.25, 0.3) is 0 Å². The highest BCUT2D eigenvalue weighted by Crippen LogP contribution is 2.30. The molecule has 118 valence electrons. The van der Waals surface area contributed by atoms with Gasteiger partial charge >= 0.3 is 0 Å². The van der Waals surface area contributed by atoms with Gasteiger partial charge in [-0.1, -0.05) is 25.8 Å². The Morgan fingerprint density at radius 3 is 2.67 bits per heavy atom. The van der Waals surface area contributed by atoms with E-state index in [4.69, 9.17) is 0 Å². The zero-order valence-corrected chi connectivity index (χ0v) is 13.6. The molecule has 4 nitrogen and oxygen atoms in total. The molecule has 1 fully saturated rings. The predicted octanol–water partition coefficient (Wildman–Crippen LogP) is 2.88. The van der Waals surface area contributed by atoms with Gasteiger partial charge in [0.1, 0.15) is 5.82 Å². The molecule has 2 N–H and O–H groups in total. The van der Waals surface area contributed by atoms with Gasteiger partial charge in [-0.25, -0.2) is 4.98 Å². The molecule has 1 unspecified atom stereocenters. The number of nitrogens with zero attached hydrogens (tertiary/aromatic N) is 2. The standard InChI is InChI=1S/C17H29N3O/c1-4-11-18-14(2)15-7-8-16(19-12-15)20(3)13-17(21)9-5-6-10-17/h7-8,12,14,18,21H,4-6,9-11,13H2,1-3H3. The number of pyridine rings is 1. The number of nitrogens with one attached hydrogen (secondary N) is 1. The largest absolute Gasteiger partial charge is 0.388 e. The van der Waals surface area contributed by atoms with Gasteiger partial charge in [0, 0.05) is 25.8 Å². The van der Waals surface area contributed by atoms with Crippen molar-refractivity contribution in [2.75, 3.05) is 25.0 Å². The highest BCUT2D eigenvalue weighted by atomic mass is 16.3. The molecule has 2 rings (SSSR count). The lowest BCUT2D eigenvalue weighted by Gasteiger charge is -2.29.